The number of likely N-dealkylation sites (N-methyl/N-ethyl adjacent to an activating group) is 1. The molecule has 1 rings (SSSR count). The second-order valence-corrected chi connectivity index (χ2v) is 6.55. The van der Waals surface area contributed by atoms with Crippen LogP contribution >= 0.6 is 0 Å². The van der Waals surface area contributed by atoms with Gasteiger partial charge in [-0.15, -0.1) is 0 Å². The third kappa shape index (κ3) is 5.33. The number of nitrogens with two attached hydrogens (primary N) is 1. The third-order valence-electron chi connectivity index (χ3n) is 3.63. The van der Waals surface area contributed by atoms with E-state index in [1.54, 1.807) is 4.90 Å². The first-order valence-corrected chi connectivity index (χ1v) is 7.37. The van der Waals surface area contributed by atoms with Crippen molar-refractivity contribution >= 4 is 5.91 Å². The molecule has 112 valence electrons. The molecule has 0 aliphatic heterocycles. The van der Waals surface area contributed by atoms with Crippen LogP contribution in [0.15, 0.2) is 30.3 Å². The van der Waals surface area contributed by atoms with E-state index in [1.807, 2.05) is 33.9 Å². The normalized spacial score (nSPS) is 13.1. The summed E-state index contributed by atoms with van der Waals surface area (Å²) >= 11 is 0. The molecule has 0 fully saturated rings. The average molecular weight is 276 g/mol. The van der Waals surface area contributed by atoms with E-state index >= 15 is 0 Å². The highest BCUT2D eigenvalue weighted by Gasteiger charge is 2.29. The summed E-state index contributed by atoms with van der Waals surface area (Å²) in [6.45, 7) is 6.77. The van der Waals surface area contributed by atoms with Gasteiger partial charge in [0.05, 0.1) is 6.04 Å². The molecular formula is C17H28N2O. The van der Waals surface area contributed by atoms with E-state index in [1.165, 1.54) is 5.56 Å². The number of rotatable bonds is 6. The van der Waals surface area contributed by atoms with Gasteiger partial charge in [0.15, 0.2) is 0 Å². The smallest absolute Gasteiger partial charge is 0.239 e. The van der Waals surface area contributed by atoms with Crippen LogP contribution in [0.1, 0.15) is 39.2 Å². The summed E-state index contributed by atoms with van der Waals surface area (Å²) in [5.41, 5.74) is 7.17. The number of benzene rings is 1. The van der Waals surface area contributed by atoms with Crippen LogP contribution in [0.4, 0.5) is 0 Å². The molecule has 0 spiro atoms. The highest BCUT2D eigenvalue weighted by molar-refractivity contribution is 5.82. The van der Waals surface area contributed by atoms with Crippen molar-refractivity contribution in [1.82, 2.24) is 4.90 Å². The van der Waals surface area contributed by atoms with Crippen molar-refractivity contribution in [3.05, 3.63) is 35.9 Å². The number of nitrogens with zero attached hydrogens (tertiary/aromatic N) is 1. The highest BCUT2D eigenvalue weighted by Crippen LogP contribution is 2.18. The Bertz CT molecular complexity index is 409. The molecule has 20 heavy (non-hydrogen) atoms. The van der Waals surface area contributed by atoms with Crippen molar-refractivity contribution in [3.63, 3.8) is 0 Å². The van der Waals surface area contributed by atoms with E-state index in [9.17, 15) is 4.79 Å². The molecule has 0 heterocycles. The van der Waals surface area contributed by atoms with Crippen molar-refractivity contribution in [2.24, 2.45) is 11.1 Å². The first kappa shape index (κ1) is 16.7. The Balaban J connectivity index is 2.30. The molecule has 2 N–H and O–H groups in total. The lowest BCUT2D eigenvalue weighted by atomic mass is 9.86. The number of carbonyl (C=O) groups excluding carboxylic acids is 1. The van der Waals surface area contributed by atoms with Gasteiger partial charge in [0, 0.05) is 13.6 Å². The summed E-state index contributed by atoms with van der Waals surface area (Å²) in [6, 6.07) is 10.0. The van der Waals surface area contributed by atoms with Crippen LogP contribution in [0.2, 0.25) is 0 Å². The first-order valence-electron chi connectivity index (χ1n) is 7.37. The maximum Gasteiger partial charge on any atom is 0.239 e. The SMILES string of the molecule is CN(CCCCc1ccccc1)C(=O)[C@H](N)C(C)(C)C. The predicted molar refractivity (Wildman–Crippen MR) is 84.4 cm³/mol. The molecular weight excluding hydrogens is 248 g/mol. The molecule has 3 heteroatoms. The first-order chi connectivity index (χ1) is 9.32. The van der Waals surface area contributed by atoms with Gasteiger partial charge >= 0.3 is 0 Å². The molecule has 0 saturated heterocycles. The molecule has 0 bridgehead atoms. The zero-order valence-corrected chi connectivity index (χ0v) is 13.2. The molecule has 1 aromatic carbocycles. The van der Waals surface area contributed by atoms with Crippen LogP contribution in [0.5, 0.6) is 0 Å². The van der Waals surface area contributed by atoms with Crippen LogP contribution in [-0.4, -0.2) is 30.4 Å². The van der Waals surface area contributed by atoms with Gasteiger partial charge in [0.2, 0.25) is 5.91 Å². The van der Waals surface area contributed by atoms with Gasteiger partial charge in [-0.25, -0.2) is 0 Å². The van der Waals surface area contributed by atoms with Crippen LogP contribution in [-0.2, 0) is 11.2 Å². The predicted octanol–water partition coefficient (Wildman–Crippen LogP) is 2.84. The molecule has 0 aromatic heterocycles. The Hall–Kier alpha value is -1.35. The molecule has 0 unspecified atom stereocenters. The van der Waals surface area contributed by atoms with Gasteiger partial charge < -0.3 is 10.6 Å². The number of amides is 1. The quantitative estimate of drug-likeness (QED) is 0.812. The zero-order valence-electron chi connectivity index (χ0n) is 13.2. The Morgan fingerprint density at radius 3 is 2.35 bits per heavy atom. The standard InChI is InChI=1S/C17H28N2O/c1-17(2,3)15(18)16(20)19(4)13-9-8-12-14-10-6-5-7-11-14/h5-7,10-11,15H,8-9,12-13,18H2,1-4H3/t15-/m0/s1. The fraction of sp³-hybridized carbons (Fsp3) is 0.588. The fourth-order valence-corrected chi connectivity index (χ4v) is 2.04. The molecule has 0 aliphatic rings. The summed E-state index contributed by atoms with van der Waals surface area (Å²) in [5.74, 6) is 0.0391. The summed E-state index contributed by atoms with van der Waals surface area (Å²) in [4.78, 5) is 13.9. The van der Waals surface area contributed by atoms with E-state index in [4.69, 9.17) is 5.73 Å². The minimum absolute atomic E-state index is 0.0391. The topological polar surface area (TPSA) is 46.3 Å². The van der Waals surface area contributed by atoms with Gasteiger partial charge in [-0.2, -0.15) is 0 Å². The second-order valence-electron chi connectivity index (χ2n) is 6.55. The molecule has 3 nitrogen and oxygen atoms in total. The van der Waals surface area contributed by atoms with E-state index < -0.39 is 6.04 Å². The summed E-state index contributed by atoms with van der Waals surface area (Å²) in [6.07, 6.45) is 3.16. The van der Waals surface area contributed by atoms with Gasteiger partial charge in [-0.1, -0.05) is 51.1 Å². The minimum atomic E-state index is -0.429. The van der Waals surface area contributed by atoms with Gasteiger partial charge in [-0.05, 0) is 30.2 Å². The van der Waals surface area contributed by atoms with Gasteiger partial charge in [-0.3, -0.25) is 4.79 Å². The largest absolute Gasteiger partial charge is 0.344 e. The Morgan fingerprint density at radius 2 is 1.80 bits per heavy atom. The third-order valence-corrected chi connectivity index (χ3v) is 3.63. The van der Waals surface area contributed by atoms with Crippen molar-refractivity contribution in [3.8, 4) is 0 Å². The van der Waals surface area contributed by atoms with E-state index in [-0.39, 0.29) is 11.3 Å². The number of aryl methyl sites for hydroxylation is 1. The Morgan fingerprint density at radius 1 is 1.20 bits per heavy atom. The molecule has 1 aromatic rings. The van der Waals surface area contributed by atoms with Crippen LogP contribution in [0.25, 0.3) is 0 Å². The molecule has 0 saturated carbocycles. The van der Waals surface area contributed by atoms with Crippen molar-refractivity contribution in [1.29, 1.82) is 0 Å². The van der Waals surface area contributed by atoms with Crippen LogP contribution < -0.4 is 5.73 Å². The Labute approximate surface area is 123 Å². The minimum Gasteiger partial charge on any atom is -0.344 e. The van der Waals surface area contributed by atoms with Crippen LogP contribution in [0, 0.1) is 5.41 Å². The van der Waals surface area contributed by atoms with Crippen molar-refractivity contribution in [2.45, 2.75) is 46.1 Å². The number of hydrogen-bond donors (Lipinski definition) is 1. The van der Waals surface area contributed by atoms with E-state index in [0.717, 1.165) is 25.8 Å². The van der Waals surface area contributed by atoms with Gasteiger partial charge in [0.1, 0.15) is 0 Å². The lowest BCUT2D eigenvalue weighted by molar-refractivity contribution is -0.133. The Kier molecular flexibility index (Phi) is 6.21. The summed E-state index contributed by atoms with van der Waals surface area (Å²) in [7, 11) is 1.84. The molecule has 1 amide bonds. The summed E-state index contributed by atoms with van der Waals surface area (Å²) < 4.78 is 0. The molecule has 1 atom stereocenters. The number of unbranched alkanes of at least 4 members (excludes halogenated alkanes) is 1. The second kappa shape index (κ2) is 7.44. The fourth-order valence-electron chi connectivity index (χ4n) is 2.04. The van der Waals surface area contributed by atoms with Crippen molar-refractivity contribution in [2.75, 3.05) is 13.6 Å². The molecule has 0 aliphatic carbocycles. The van der Waals surface area contributed by atoms with E-state index in [2.05, 4.69) is 24.3 Å². The van der Waals surface area contributed by atoms with Gasteiger partial charge in [0.25, 0.3) is 0 Å². The number of hydrogen-bond acceptors (Lipinski definition) is 2. The lowest BCUT2D eigenvalue weighted by Gasteiger charge is -2.30. The molecule has 0 radical (unpaired) electrons. The monoisotopic (exact) mass is 276 g/mol. The lowest BCUT2D eigenvalue weighted by Crippen LogP contribution is -2.49. The average Bonchev–Trinajstić information content (AvgIpc) is 2.41. The highest BCUT2D eigenvalue weighted by atomic mass is 16.2. The maximum absolute atomic E-state index is 12.2. The van der Waals surface area contributed by atoms with Crippen molar-refractivity contribution < 1.29 is 4.79 Å². The summed E-state index contributed by atoms with van der Waals surface area (Å²) in [5, 5.41) is 0. The maximum atomic E-state index is 12.2. The van der Waals surface area contributed by atoms with E-state index in [0.29, 0.717) is 0 Å². The van der Waals surface area contributed by atoms with Crippen LogP contribution in [0.3, 0.4) is 0 Å². The number of carbonyl (C=O) groups is 1. The zero-order chi connectivity index (χ0) is 15.2.